The molecule has 0 radical (unpaired) electrons. The van der Waals surface area contributed by atoms with Gasteiger partial charge in [0.2, 0.25) is 0 Å². The molecule has 19 heavy (non-hydrogen) atoms. The first-order chi connectivity index (χ1) is 8.66. The Hall–Kier alpha value is -0.290. The van der Waals surface area contributed by atoms with Gasteiger partial charge in [0.05, 0.1) is 5.56 Å². The van der Waals surface area contributed by atoms with Gasteiger partial charge in [-0.1, -0.05) is 11.6 Å². The Morgan fingerprint density at radius 1 is 1.53 bits per heavy atom. The molecule has 3 nitrogen and oxygen atoms in total. The second kappa shape index (κ2) is 8.10. The summed E-state index contributed by atoms with van der Waals surface area (Å²) < 4.78 is 0.770. The summed E-state index contributed by atoms with van der Waals surface area (Å²) >= 11 is 9.25. The quantitative estimate of drug-likeness (QED) is 0.857. The molecule has 0 spiro atoms. The highest BCUT2D eigenvalue weighted by atomic mass is 79.9. The largest absolute Gasteiger partial charge is 0.352 e. The zero-order valence-electron chi connectivity index (χ0n) is 10.4. The number of carbonyl (C=O) groups excluding carboxylic acids is 1. The van der Waals surface area contributed by atoms with Crippen LogP contribution in [-0.4, -0.2) is 25.5 Å². The van der Waals surface area contributed by atoms with Gasteiger partial charge < -0.3 is 10.6 Å². The molecule has 1 atom stereocenters. The van der Waals surface area contributed by atoms with Crippen molar-refractivity contribution in [2.45, 2.75) is 12.8 Å². The van der Waals surface area contributed by atoms with Gasteiger partial charge in [0, 0.05) is 16.0 Å². The van der Waals surface area contributed by atoms with Crippen LogP contribution in [0.25, 0.3) is 0 Å². The summed E-state index contributed by atoms with van der Waals surface area (Å²) in [7, 11) is 0. The van der Waals surface area contributed by atoms with Gasteiger partial charge in [-0.25, -0.2) is 0 Å². The van der Waals surface area contributed by atoms with Crippen LogP contribution in [0.2, 0.25) is 5.02 Å². The molecule has 2 N–H and O–H groups in total. The lowest BCUT2D eigenvalue weighted by Crippen LogP contribution is -2.26. The van der Waals surface area contributed by atoms with E-state index in [2.05, 4.69) is 26.6 Å². The van der Waals surface area contributed by atoms with Crippen LogP contribution < -0.4 is 10.6 Å². The second-order valence-electron chi connectivity index (χ2n) is 4.53. The molecule has 1 aromatic rings. The van der Waals surface area contributed by atoms with Crippen LogP contribution in [0.1, 0.15) is 23.2 Å². The smallest absolute Gasteiger partial charge is 0.252 e. The maximum Gasteiger partial charge on any atom is 0.252 e. The van der Waals surface area contributed by atoms with Gasteiger partial charge in [0.1, 0.15) is 0 Å². The number of nitrogens with one attached hydrogen (secondary N) is 2. The lowest BCUT2D eigenvalue weighted by molar-refractivity contribution is 0.0951. The number of benzene rings is 1. The standard InChI is InChI=1S/C13H16BrClN2O.ClH/c14-12-2-1-10(15)7-11(12)13(18)17-6-4-9-3-5-16-8-9;/h1-2,7,9,16H,3-6,8H2,(H,17,18);1H. The van der Waals surface area contributed by atoms with Crippen molar-refractivity contribution in [3.63, 3.8) is 0 Å². The molecule has 0 saturated carbocycles. The molecule has 106 valence electrons. The van der Waals surface area contributed by atoms with Gasteiger partial charge in [-0.15, -0.1) is 12.4 Å². The predicted molar refractivity (Wildman–Crippen MR) is 84.3 cm³/mol. The molecule has 1 heterocycles. The summed E-state index contributed by atoms with van der Waals surface area (Å²) in [6.07, 6.45) is 2.23. The highest BCUT2D eigenvalue weighted by Crippen LogP contribution is 2.21. The number of carbonyl (C=O) groups is 1. The van der Waals surface area contributed by atoms with E-state index in [4.69, 9.17) is 11.6 Å². The van der Waals surface area contributed by atoms with Crippen LogP contribution in [0.4, 0.5) is 0 Å². The molecule has 1 fully saturated rings. The fraction of sp³-hybridized carbons (Fsp3) is 0.462. The summed E-state index contributed by atoms with van der Waals surface area (Å²) in [5, 5.41) is 6.83. The topological polar surface area (TPSA) is 41.1 Å². The zero-order chi connectivity index (χ0) is 13.0. The minimum absolute atomic E-state index is 0. The first-order valence-corrected chi connectivity index (χ1v) is 7.28. The van der Waals surface area contributed by atoms with Crippen molar-refractivity contribution in [1.29, 1.82) is 0 Å². The molecule has 1 aliphatic rings. The van der Waals surface area contributed by atoms with Crippen LogP contribution in [0.5, 0.6) is 0 Å². The highest BCUT2D eigenvalue weighted by molar-refractivity contribution is 9.10. The predicted octanol–water partition coefficient (Wildman–Crippen LogP) is 3.25. The molecule has 1 amide bonds. The molecule has 0 bridgehead atoms. The third kappa shape index (κ3) is 4.95. The Bertz CT molecular complexity index is 437. The van der Waals surface area contributed by atoms with Crippen molar-refractivity contribution in [1.82, 2.24) is 10.6 Å². The molecule has 1 unspecified atom stereocenters. The maximum absolute atomic E-state index is 12.0. The average molecular weight is 368 g/mol. The summed E-state index contributed by atoms with van der Waals surface area (Å²) in [6, 6.07) is 5.23. The molecule has 6 heteroatoms. The zero-order valence-corrected chi connectivity index (χ0v) is 13.6. The number of amides is 1. The monoisotopic (exact) mass is 366 g/mol. The van der Waals surface area contributed by atoms with E-state index in [-0.39, 0.29) is 18.3 Å². The van der Waals surface area contributed by atoms with E-state index in [1.165, 1.54) is 6.42 Å². The summed E-state index contributed by atoms with van der Waals surface area (Å²) in [5.41, 5.74) is 0.590. The van der Waals surface area contributed by atoms with Crippen molar-refractivity contribution in [2.24, 2.45) is 5.92 Å². The maximum atomic E-state index is 12.0. The summed E-state index contributed by atoms with van der Waals surface area (Å²) in [4.78, 5) is 12.0. The first-order valence-electron chi connectivity index (χ1n) is 6.11. The first kappa shape index (κ1) is 16.8. The fourth-order valence-electron chi connectivity index (χ4n) is 2.12. The van der Waals surface area contributed by atoms with E-state index in [9.17, 15) is 4.79 Å². The van der Waals surface area contributed by atoms with Crippen molar-refractivity contribution in [2.75, 3.05) is 19.6 Å². The number of hydrogen-bond donors (Lipinski definition) is 2. The average Bonchev–Trinajstić information content (AvgIpc) is 2.85. The highest BCUT2D eigenvalue weighted by Gasteiger charge is 2.15. The van der Waals surface area contributed by atoms with Crippen LogP contribution in [0, 0.1) is 5.92 Å². The van der Waals surface area contributed by atoms with Crippen LogP contribution in [0.15, 0.2) is 22.7 Å². The lowest BCUT2D eigenvalue weighted by atomic mass is 10.1. The van der Waals surface area contributed by atoms with Gasteiger partial charge in [0.25, 0.3) is 5.91 Å². The molecular formula is C13H17BrCl2N2O. The fourth-order valence-corrected chi connectivity index (χ4v) is 2.72. The molecule has 0 aromatic heterocycles. The summed E-state index contributed by atoms with van der Waals surface area (Å²) in [5.74, 6) is 0.614. The molecule has 1 aliphatic heterocycles. The Morgan fingerprint density at radius 2 is 2.32 bits per heavy atom. The van der Waals surface area contributed by atoms with E-state index >= 15 is 0 Å². The Labute approximate surface area is 133 Å². The second-order valence-corrected chi connectivity index (χ2v) is 5.82. The number of rotatable bonds is 4. The number of halogens is 3. The van der Waals surface area contributed by atoms with Crippen LogP contribution >= 0.6 is 39.9 Å². The van der Waals surface area contributed by atoms with E-state index in [1.54, 1.807) is 18.2 Å². The van der Waals surface area contributed by atoms with Gasteiger partial charge in [-0.2, -0.15) is 0 Å². The van der Waals surface area contributed by atoms with Gasteiger partial charge >= 0.3 is 0 Å². The van der Waals surface area contributed by atoms with Gasteiger partial charge in [0.15, 0.2) is 0 Å². The Balaban J connectivity index is 0.00000180. The Kier molecular flexibility index (Phi) is 7.15. The normalized spacial score (nSPS) is 17.9. The third-order valence-corrected chi connectivity index (χ3v) is 4.10. The van der Waals surface area contributed by atoms with E-state index in [0.717, 1.165) is 24.0 Å². The van der Waals surface area contributed by atoms with E-state index in [0.29, 0.717) is 23.0 Å². The van der Waals surface area contributed by atoms with Crippen LogP contribution in [0.3, 0.4) is 0 Å². The molecule has 2 rings (SSSR count). The van der Waals surface area contributed by atoms with Crippen molar-refractivity contribution in [3.05, 3.63) is 33.3 Å². The number of hydrogen-bond acceptors (Lipinski definition) is 2. The third-order valence-electron chi connectivity index (χ3n) is 3.17. The van der Waals surface area contributed by atoms with Crippen molar-refractivity contribution >= 4 is 45.8 Å². The minimum atomic E-state index is -0.0738. The van der Waals surface area contributed by atoms with E-state index < -0.39 is 0 Å². The summed E-state index contributed by atoms with van der Waals surface area (Å²) in [6.45, 7) is 2.87. The minimum Gasteiger partial charge on any atom is -0.352 e. The van der Waals surface area contributed by atoms with Gasteiger partial charge in [-0.05, 0) is 66.0 Å². The molecule has 1 aromatic carbocycles. The van der Waals surface area contributed by atoms with Gasteiger partial charge in [-0.3, -0.25) is 4.79 Å². The van der Waals surface area contributed by atoms with Crippen LogP contribution in [-0.2, 0) is 0 Å². The molecular weight excluding hydrogens is 351 g/mol. The molecule has 1 saturated heterocycles. The lowest BCUT2D eigenvalue weighted by Gasteiger charge is -2.10. The molecule has 0 aliphatic carbocycles. The SMILES string of the molecule is Cl.O=C(NCCC1CCNC1)c1cc(Cl)ccc1Br. The Morgan fingerprint density at radius 3 is 3.00 bits per heavy atom. The van der Waals surface area contributed by atoms with E-state index in [1.807, 2.05) is 0 Å². The van der Waals surface area contributed by atoms with Crippen molar-refractivity contribution in [3.8, 4) is 0 Å². The van der Waals surface area contributed by atoms with Crippen molar-refractivity contribution < 1.29 is 4.79 Å².